The minimum atomic E-state index is 0.842. The quantitative estimate of drug-likeness (QED) is 0.170. The van der Waals surface area contributed by atoms with Gasteiger partial charge in [0.1, 0.15) is 16.7 Å². The first-order valence-corrected chi connectivity index (χ1v) is 19.7. The van der Waals surface area contributed by atoms with Crippen molar-refractivity contribution in [3.63, 3.8) is 0 Å². The smallest absolute Gasteiger partial charge is 0.159 e. The Kier molecular flexibility index (Phi) is 7.20. The molecule has 4 heteroatoms. The zero-order chi connectivity index (χ0) is 38.2. The van der Waals surface area contributed by atoms with Crippen LogP contribution in [0, 0.1) is 0 Å². The summed E-state index contributed by atoms with van der Waals surface area (Å²) >= 11 is 0. The first kappa shape index (κ1) is 32.4. The van der Waals surface area contributed by atoms with Crippen LogP contribution in [0.15, 0.2) is 215 Å². The van der Waals surface area contributed by atoms with E-state index in [0.29, 0.717) is 0 Å². The third-order valence-electron chi connectivity index (χ3n) is 11.6. The van der Waals surface area contributed by atoms with Gasteiger partial charge in [0, 0.05) is 49.6 Å². The molecule has 0 amide bonds. The predicted octanol–water partition coefficient (Wildman–Crippen LogP) is 15.4. The zero-order valence-electron chi connectivity index (χ0n) is 31.3. The average Bonchev–Trinajstić information content (AvgIpc) is 3.97. The molecule has 0 saturated heterocycles. The number of furan rings is 2. The van der Waals surface area contributed by atoms with E-state index < -0.39 is 0 Å². The van der Waals surface area contributed by atoms with E-state index >= 15 is 0 Å². The third kappa shape index (κ3) is 5.02. The van der Waals surface area contributed by atoms with Crippen LogP contribution < -0.4 is 4.90 Å². The summed E-state index contributed by atoms with van der Waals surface area (Å²) in [5.41, 5.74) is 14.6. The lowest BCUT2D eigenvalue weighted by molar-refractivity contribution is 0.667. The zero-order valence-corrected chi connectivity index (χ0v) is 31.3. The van der Waals surface area contributed by atoms with Crippen LogP contribution in [-0.2, 0) is 0 Å². The molecular weight excluding hydrogens is 709 g/mol. The summed E-state index contributed by atoms with van der Waals surface area (Å²) in [7, 11) is 0. The number of fused-ring (bicyclic) bond motifs is 9. The highest BCUT2D eigenvalue weighted by atomic mass is 16.3. The third-order valence-corrected chi connectivity index (χ3v) is 11.6. The summed E-state index contributed by atoms with van der Waals surface area (Å²) in [6.45, 7) is 0. The maximum Gasteiger partial charge on any atom is 0.159 e. The second-order valence-electron chi connectivity index (χ2n) is 14.9. The van der Waals surface area contributed by atoms with Crippen LogP contribution in [0.5, 0.6) is 0 Å². The molecule has 0 saturated carbocycles. The summed E-state index contributed by atoms with van der Waals surface area (Å²) in [6.07, 6.45) is 0. The summed E-state index contributed by atoms with van der Waals surface area (Å²) in [4.78, 5) is 2.27. The Morgan fingerprint density at radius 3 is 1.59 bits per heavy atom. The highest BCUT2D eigenvalue weighted by Crippen LogP contribution is 2.44. The van der Waals surface area contributed by atoms with E-state index in [-0.39, 0.29) is 0 Å². The molecule has 0 aliphatic heterocycles. The van der Waals surface area contributed by atoms with Gasteiger partial charge < -0.3 is 18.3 Å². The number of benzene rings is 9. The highest BCUT2D eigenvalue weighted by molar-refractivity contribution is 6.12. The molecule has 0 radical (unpaired) electrons. The molecule has 0 fully saturated rings. The number of rotatable bonds is 6. The standard InChI is InChI=1S/C54H34N2O2/c1-6-18-47(56-48-19-7-2-13-41(48)42-14-3-8-20-49(42)56)40(12-1)37-26-24-35(25-27-37)36-28-30-38(31-29-36)55(39-32-33-45-43-15-4-9-22-51(43)57-53(45)34-39)50-21-11-17-46-44-16-5-10-23-52(44)58-54(46)50/h1-34H. The van der Waals surface area contributed by atoms with E-state index in [2.05, 4.69) is 191 Å². The Morgan fingerprint density at radius 2 is 0.862 bits per heavy atom. The Labute approximate surface area is 334 Å². The normalized spacial score (nSPS) is 11.8. The fourth-order valence-electron chi connectivity index (χ4n) is 8.93. The van der Waals surface area contributed by atoms with Crippen molar-refractivity contribution in [3.05, 3.63) is 206 Å². The van der Waals surface area contributed by atoms with Gasteiger partial charge in [-0.25, -0.2) is 0 Å². The molecule has 0 bridgehead atoms. The van der Waals surface area contributed by atoms with Crippen molar-refractivity contribution in [2.24, 2.45) is 0 Å². The molecule has 12 rings (SSSR count). The van der Waals surface area contributed by atoms with Gasteiger partial charge in [0.25, 0.3) is 0 Å². The van der Waals surface area contributed by atoms with Gasteiger partial charge in [-0.1, -0.05) is 140 Å². The summed E-state index contributed by atoms with van der Waals surface area (Å²) in [5, 5.41) is 6.91. The molecule has 0 N–H and O–H groups in total. The number of anilines is 3. The monoisotopic (exact) mass is 742 g/mol. The van der Waals surface area contributed by atoms with Gasteiger partial charge in [0.05, 0.1) is 28.1 Å². The fourth-order valence-corrected chi connectivity index (χ4v) is 8.93. The van der Waals surface area contributed by atoms with Crippen molar-refractivity contribution in [2.45, 2.75) is 0 Å². The van der Waals surface area contributed by atoms with Crippen LogP contribution in [-0.4, -0.2) is 4.57 Å². The van der Waals surface area contributed by atoms with Crippen LogP contribution in [0.2, 0.25) is 0 Å². The predicted molar refractivity (Wildman–Crippen MR) is 241 cm³/mol. The first-order chi connectivity index (χ1) is 28.8. The SMILES string of the molecule is c1ccc(-n2c3ccccc3c3ccccc32)c(-c2ccc(-c3ccc(N(c4ccc5c(c4)oc4ccccc45)c4cccc5c4oc4ccccc45)cc3)cc2)c1. The summed E-state index contributed by atoms with van der Waals surface area (Å²) in [5.74, 6) is 0. The van der Waals surface area contributed by atoms with Crippen LogP contribution in [0.3, 0.4) is 0 Å². The van der Waals surface area contributed by atoms with Gasteiger partial charge in [-0.3, -0.25) is 0 Å². The number of aromatic nitrogens is 1. The van der Waals surface area contributed by atoms with Crippen molar-refractivity contribution < 1.29 is 8.83 Å². The molecule has 0 aliphatic carbocycles. The number of nitrogens with zero attached hydrogens (tertiary/aromatic N) is 2. The molecule has 0 spiro atoms. The van der Waals surface area contributed by atoms with Crippen molar-refractivity contribution in [1.29, 1.82) is 0 Å². The molecule has 0 unspecified atom stereocenters. The number of para-hydroxylation sites is 6. The van der Waals surface area contributed by atoms with E-state index in [1.54, 1.807) is 0 Å². The van der Waals surface area contributed by atoms with Crippen LogP contribution in [0.1, 0.15) is 0 Å². The molecular formula is C54H34N2O2. The molecule has 58 heavy (non-hydrogen) atoms. The molecule has 9 aromatic carbocycles. The van der Waals surface area contributed by atoms with Gasteiger partial charge >= 0.3 is 0 Å². The van der Waals surface area contributed by atoms with Crippen molar-refractivity contribution in [2.75, 3.05) is 4.90 Å². The lowest BCUT2D eigenvalue weighted by Crippen LogP contribution is -2.10. The molecule has 3 heterocycles. The number of hydrogen-bond donors (Lipinski definition) is 0. The second-order valence-corrected chi connectivity index (χ2v) is 14.9. The first-order valence-electron chi connectivity index (χ1n) is 19.7. The van der Waals surface area contributed by atoms with Gasteiger partial charge in [0.15, 0.2) is 5.58 Å². The maximum atomic E-state index is 6.59. The Bertz CT molecular complexity index is 3460. The Hall–Kier alpha value is -7.82. The van der Waals surface area contributed by atoms with Crippen molar-refractivity contribution in [3.8, 4) is 27.9 Å². The van der Waals surface area contributed by atoms with Crippen LogP contribution >= 0.6 is 0 Å². The summed E-state index contributed by atoms with van der Waals surface area (Å²) in [6, 6.07) is 73.2. The van der Waals surface area contributed by atoms with Gasteiger partial charge in [-0.15, -0.1) is 0 Å². The van der Waals surface area contributed by atoms with E-state index in [1.165, 1.54) is 32.9 Å². The lowest BCUT2D eigenvalue weighted by atomic mass is 9.98. The van der Waals surface area contributed by atoms with E-state index in [9.17, 15) is 0 Å². The molecule has 272 valence electrons. The van der Waals surface area contributed by atoms with Crippen molar-refractivity contribution >= 4 is 82.7 Å². The van der Waals surface area contributed by atoms with Crippen LogP contribution in [0.4, 0.5) is 17.1 Å². The van der Waals surface area contributed by atoms with Gasteiger partial charge in [-0.05, 0) is 77.4 Å². The number of hydrogen-bond acceptors (Lipinski definition) is 3. The van der Waals surface area contributed by atoms with Gasteiger partial charge in [-0.2, -0.15) is 0 Å². The topological polar surface area (TPSA) is 34.5 Å². The van der Waals surface area contributed by atoms with Gasteiger partial charge in [0.2, 0.25) is 0 Å². The largest absolute Gasteiger partial charge is 0.456 e. The highest BCUT2D eigenvalue weighted by Gasteiger charge is 2.21. The van der Waals surface area contributed by atoms with Crippen LogP contribution in [0.25, 0.3) is 93.6 Å². The molecule has 3 aromatic heterocycles. The average molecular weight is 743 g/mol. The minimum absolute atomic E-state index is 0.842. The van der Waals surface area contributed by atoms with E-state index in [0.717, 1.165) is 77.8 Å². The maximum absolute atomic E-state index is 6.59. The van der Waals surface area contributed by atoms with E-state index in [1.807, 2.05) is 24.3 Å². The molecule has 0 atom stereocenters. The Morgan fingerprint density at radius 1 is 0.345 bits per heavy atom. The lowest BCUT2D eigenvalue weighted by Gasteiger charge is -2.25. The Balaban J connectivity index is 0.941. The summed E-state index contributed by atoms with van der Waals surface area (Å²) < 4.78 is 15.4. The van der Waals surface area contributed by atoms with Crippen molar-refractivity contribution in [1.82, 2.24) is 4.57 Å². The van der Waals surface area contributed by atoms with E-state index in [4.69, 9.17) is 8.83 Å². The fraction of sp³-hybridized carbons (Fsp3) is 0. The molecule has 12 aromatic rings. The molecule has 0 aliphatic rings. The second kappa shape index (κ2) is 12.9. The minimum Gasteiger partial charge on any atom is -0.456 e. The molecule has 4 nitrogen and oxygen atoms in total.